The van der Waals surface area contributed by atoms with Gasteiger partial charge in [-0.15, -0.1) is 11.3 Å². The van der Waals surface area contributed by atoms with Gasteiger partial charge >= 0.3 is 0 Å². The summed E-state index contributed by atoms with van der Waals surface area (Å²) in [6, 6.07) is 4.58. The summed E-state index contributed by atoms with van der Waals surface area (Å²) in [6.45, 7) is 5.93. The van der Waals surface area contributed by atoms with Crippen molar-refractivity contribution in [1.29, 1.82) is 0 Å². The minimum Gasteiger partial charge on any atom is -0.372 e. The van der Waals surface area contributed by atoms with Gasteiger partial charge in [-0.1, -0.05) is 13.0 Å². The van der Waals surface area contributed by atoms with Gasteiger partial charge in [0.1, 0.15) is 6.61 Å². The van der Waals surface area contributed by atoms with E-state index < -0.39 is 0 Å². The maximum Gasteiger partial charge on any atom is 0.248 e. The molecular weight excluding hydrogens is 246 g/mol. The molecule has 0 spiro atoms. The number of ether oxygens (including phenoxy) is 1. The summed E-state index contributed by atoms with van der Waals surface area (Å²) in [5.74, 6) is 0.644. The maximum absolute atomic E-state index is 12.1. The van der Waals surface area contributed by atoms with Crippen LogP contribution >= 0.6 is 11.3 Å². The number of carbonyl (C=O) groups is 1. The first-order valence-electron chi connectivity index (χ1n) is 6.63. The lowest BCUT2D eigenvalue weighted by molar-refractivity contribution is -0.136. The smallest absolute Gasteiger partial charge is 0.248 e. The van der Waals surface area contributed by atoms with Crippen LogP contribution in [0, 0.1) is 0 Å². The lowest BCUT2D eigenvalue weighted by Crippen LogP contribution is -2.36. The summed E-state index contributed by atoms with van der Waals surface area (Å²) in [6.07, 6.45) is 2.03. The molecule has 1 aliphatic rings. The van der Waals surface area contributed by atoms with Gasteiger partial charge in [0.2, 0.25) is 5.91 Å². The van der Waals surface area contributed by atoms with E-state index in [1.807, 2.05) is 4.90 Å². The fourth-order valence-electron chi connectivity index (χ4n) is 2.49. The third-order valence-electron chi connectivity index (χ3n) is 3.41. The first kappa shape index (κ1) is 13.6. The van der Waals surface area contributed by atoms with E-state index in [0.29, 0.717) is 18.6 Å². The van der Waals surface area contributed by atoms with E-state index in [-0.39, 0.29) is 12.5 Å². The van der Waals surface area contributed by atoms with Crippen LogP contribution in [-0.4, -0.2) is 36.6 Å². The van der Waals surface area contributed by atoms with Crippen molar-refractivity contribution in [2.45, 2.75) is 38.6 Å². The van der Waals surface area contributed by atoms with Crippen LogP contribution in [0.25, 0.3) is 0 Å². The van der Waals surface area contributed by atoms with Gasteiger partial charge in [0.15, 0.2) is 0 Å². The van der Waals surface area contributed by atoms with Gasteiger partial charge in [0, 0.05) is 30.0 Å². The average molecular weight is 267 g/mol. The van der Waals surface area contributed by atoms with Gasteiger partial charge in [0.25, 0.3) is 0 Å². The summed E-state index contributed by atoms with van der Waals surface area (Å²) in [5, 5.41) is 2.11. The largest absolute Gasteiger partial charge is 0.372 e. The molecule has 4 heteroatoms. The van der Waals surface area contributed by atoms with Gasteiger partial charge in [-0.25, -0.2) is 0 Å². The summed E-state index contributed by atoms with van der Waals surface area (Å²) >= 11 is 1.79. The Morgan fingerprint density at radius 3 is 3.11 bits per heavy atom. The second-order valence-corrected chi connectivity index (χ2v) is 5.88. The molecule has 2 atom stereocenters. The van der Waals surface area contributed by atoms with Crippen LogP contribution in [-0.2, 0) is 9.53 Å². The van der Waals surface area contributed by atoms with E-state index in [2.05, 4.69) is 31.4 Å². The molecule has 1 amide bonds. The van der Waals surface area contributed by atoms with E-state index in [9.17, 15) is 4.79 Å². The van der Waals surface area contributed by atoms with Crippen LogP contribution in [0.3, 0.4) is 0 Å². The highest BCUT2D eigenvalue weighted by molar-refractivity contribution is 7.10. The number of carbonyl (C=O) groups excluding carboxylic acids is 1. The van der Waals surface area contributed by atoms with Crippen LogP contribution in [0.1, 0.15) is 37.5 Å². The van der Waals surface area contributed by atoms with Gasteiger partial charge < -0.3 is 9.64 Å². The van der Waals surface area contributed by atoms with Crippen molar-refractivity contribution in [3.05, 3.63) is 22.4 Å². The highest BCUT2D eigenvalue weighted by atomic mass is 32.1. The third kappa shape index (κ3) is 3.12. The fourth-order valence-corrected chi connectivity index (χ4v) is 3.33. The summed E-state index contributed by atoms with van der Waals surface area (Å²) in [7, 11) is 0. The van der Waals surface area contributed by atoms with Crippen molar-refractivity contribution in [1.82, 2.24) is 4.90 Å². The van der Waals surface area contributed by atoms with Gasteiger partial charge in [-0.3, -0.25) is 4.79 Å². The Balaban J connectivity index is 1.88. The van der Waals surface area contributed by atoms with Gasteiger partial charge in [-0.05, 0) is 31.2 Å². The number of likely N-dealkylation sites (tertiary alicyclic amines) is 1. The van der Waals surface area contributed by atoms with Crippen LogP contribution in [0.2, 0.25) is 0 Å². The minimum absolute atomic E-state index is 0.134. The lowest BCUT2D eigenvalue weighted by atomic mass is 10.1. The molecular formula is C14H21NO2S. The normalized spacial score (nSPS) is 23.6. The van der Waals surface area contributed by atoms with E-state index in [0.717, 1.165) is 19.4 Å². The van der Waals surface area contributed by atoms with Crippen LogP contribution < -0.4 is 0 Å². The molecule has 2 rings (SSSR count). The zero-order valence-electron chi connectivity index (χ0n) is 11.1. The molecule has 100 valence electrons. The van der Waals surface area contributed by atoms with Crippen LogP contribution in [0.5, 0.6) is 0 Å². The van der Waals surface area contributed by atoms with Crippen LogP contribution in [0.4, 0.5) is 0 Å². The van der Waals surface area contributed by atoms with Gasteiger partial charge in [0.05, 0.1) is 0 Å². The standard InChI is InChI=1S/C14H21NO2S/c1-3-6-17-10-14(16)15-9-12(8-11(15)2)13-5-4-7-18-13/h4-5,7,11-12H,3,6,8-10H2,1-2H3. The molecule has 1 aromatic heterocycles. The van der Waals surface area contributed by atoms with E-state index in [4.69, 9.17) is 4.74 Å². The summed E-state index contributed by atoms with van der Waals surface area (Å²) in [5.41, 5.74) is 0. The number of hydrogen-bond donors (Lipinski definition) is 0. The van der Waals surface area contributed by atoms with Crippen molar-refractivity contribution < 1.29 is 9.53 Å². The van der Waals surface area contributed by atoms with E-state index in [1.165, 1.54) is 4.88 Å². The van der Waals surface area contributed by atoms with E-state index >= 15 is 0 Å². The van der Waals surface area contributed by atoms with Crippen molar-refractivity contribution in [3.63, 3.8) is 0 Å². The predicted octanol–water partition coefficient (Wildman–Crippen LogP) is 2.88. The minimum atomic E-state index is 0.134. The SMILES string of the molecule is CCCOCC(=O)N1CC(c2cccs2)CC1C. The molecule has 2 heterocycles. The highest BCUT2D eigenvalue weighted by Crippen LogP contribution is 2.33. The lowest BCUT2D eigenvalue weighted by Gasteiger charge is -2.21. The Morgan fingerprint density at radius 2 is 2.44 bits per heavy atom. The molecule has 1 aromatic rings. The Morgan fingerprint density at radius 1 is 1.61 bits per heavy atom. The molecule has 0 radical (unpaired) electrons. The predicted molar refractivity (Wildman–Crippen MR) is 74.0 cm³/mol. The number of nitrogens with zero attached hydrogens (tertiary/aromatic N) is 1. The Hall–Kier alpha value is -0.870. The molecule has 1 fully saturated rings. The van der Waals surface area contributed by atoms with E-state index in [1.54, 1.807) is 11.3 Å². The fraction of sp³-hybridized carbons (Fsp3) is 0.643. The number of amides is 1. The summed E-state index contributed by atoms with van der Waals surface area (Å²) in [4.78, 5) is 15.4. The van der Waals surface area contributed by atoms with Gasteiger partial charge in [-0.2, -0.15) is 0 Å². The van der Waals surface area contributed by atoms with Crippen molar-refractivity contribution >= 4 is 17.2 Å². The zero-order valence-corrected chi connectivity index (χ0v) is 11.9. The Bertz CT molecular complexity index is 377. The maximum atomic E-state index is 12.1. The molecule has 1 saturated heterocycles. The monoisotopic (exact) mass is 267 g/mol. The second-order valence-electron chi connectivity index (χ2n) is 4.90. The third-order valence-corrected chi connectivity index (χ3v) is 4.45. The molecule has 0 N–H and O–H groups in total. The second kappa shape index (κ2) is 6.34. The van der Waals surface area contributed by atoms with Crippen molar-refractivity contribution in [2.24, 2.45) is 0 Å². The average Bonchev–Trinajstić information content (AvgIpc) is 2.97. The van der Waals surface area contributed by atoms with Crippen molar-refractivity contribution in [2.75, 3.05) is 19.8 Å². The molecule has 0 aromatic carbocycles. The Kier molecular flexibility index (Phi) is 4.78. The highest BCUT2D eigenvalue weighted by Gasteiger charge is 2.33. The molecule has 0 saturated carbocycles. The quantitative estimate of drug-likeness (QED) is 0.768. The molecule has 18 heavy (non-hydrogen) atoms. The first-order chi connectivity index (χ1) is 8.72. The topological polar surface area (TPSA) is 29.5 Å². The molecule has 2 unspecified atom stereocenters. The molecule has 0 aliphatic carbocycles. The van der Waals surface area contributed by atoms with Crippen molar-refractivity contribution in [3.8, 4) is 0 Å². The molecule has 1 aliphatic heterocycles. The molecule has 0 bridgehead atoms. The van der Waals surface area contributed by atoms with Crippen LogP contribution in [0.15, 0.2) is 17.5 Å². The number of hydrogen-bond acceptors (Lipinski definition) is 3. The number of thiophene rings is 1. The zero-order chi connectivity index (χ0) is 13.0. The summed E-state index contributed by atoms with van der Waals surface area (Å²) < 4.78 is 5.34. The molecule has 3 nitrogen and oxygen atoms in total. The number of rotatable bonds is 5. The first-order valence-corrected chi connectivity index (χ1v) is 7.51. The Labute approximate surface area is 113 Å².